The van der Waals surface area contributed by atoms with Crippen molar-refractivity contribution in [3.05, 3.63) is 52.9 Å². The normalized spacial score (nSPS) is 14.7. The molecule has 2 aromatic rings. The van der Waals surface area contributed by atoms with E-state index in [1.165, 1.54) is 18.0 Å². The second kappa shape index (κ2) is 10.9. The van der Waals surface area contributed by atoms with Gasteiger partial charge >= 0.3 is 6.09 Å². The van der Waals surface area contributed by atoms with Crippen LogP contribution in [0, 0.1) is 11.6 Å². The summed E-state index contributed by atoms with van der Waals surface area (Å²) in [6.45, 7) is 6.93. The Labute approximate surface area is 209 Å². The molecule has 0 spiro atoms. The molecule has 1 atom stereocenters. The van der Waals surface area contributed by atoms with Gasteiger partial charge in [-0.15, -0.1) is 0 Å². The molecule has 1 unspecified atom stereocenters. The molecular weight excluding hydrogens is 494 g/mol. The standard InChI is InChI=1S/C24H30F2N4O5S/c1-5-36(33,34)22-27-13-15-8-9-30(14-20(15)29-22)21(31)12-18(28-23(32)35-24(2,3)4)11-16-10-17(25)6-7-19(16)26/h6-7,10,13,18H,5,8-9,11-12,14H2,1-4H3,(H,28,32). The zero-order chi connectivity index (χ0) is 26.7. The van der Waals surface area contributed by atoms with E-state index in [9.17, 15) is 26.8 Å². The van der Waals surface area contributed by atoms with Crippen LogP contribution in [0.25, 0.3) is 0 Å². The van der Waals surface area contributed by atoms with Crippen LogP contribution in [-0.2, 0) is 38.8 Å². The van der Waals surface area contributed by atoms with Gasteiger partial charge in [0.05, 0.1) is 18.0 Å². The predicted molar refractivity (Wildman–Crippen MR) is 127 cm³/mol. The lowest BCUT2D eigenvalue weighted by atomic mass is 10.0. The number of sulfone groups is 1. The first kappa shape index (κ1) is 27.4. The van der Waals surface area contributed by atoms with E-state index in [0.717, 1.165) is 23.8 Å². The number of benzene rings is 1. The second-order valence-electron chi connectivity index (χ2n) is 9.58. The molecule has 36 heavy (non-hydrogen) atoms. The summed E-state index contributed by atoms with van der Waals surface area (Å²) in [4.78, 5) is 35.2. The van der Waals surface area contributed by atoms with Crippen LogP contribution in [-0.4, -0.2) is 59.2 Å². The Balaban J connectivity index is 1.78. The van der Waals surface area contributed by atoms with E-state index < -0.39 is 39.2 Å². The average molecular weight is 525 g/mol. The maximum Gasteiger partial charge on any atom is 0.407 e. The first-order valence-corrected chi connectivity index (χ1v) is 13.2. The summed E-state index contributed by atoms with van der Waals surface area (Å²) < 4.78 is 57.6. The Morgan fingerprint density at radius 1 is 1.25 bits per heavy atom. The summed E-state index contributed by atoms with van der Waals surface area (Å²) >= 11 is 0. The Morgan fingerprint density at radius 2 is 1.97 bits per heavy atom. The molecule has 12 heteroatoms. The van der Waals surface area contributed by atoms with Crippen LogP contribution in [0.3, 0.4) is 0 Å². The molecule has 1 aromatic carbocycles. The van der Waals surface area contributed by atoms with Crippen molar-refractivity contribution in [2.45, 2.75) is 70.3 Å². The van der Waals surface area contributed by atoms with Gasteiger partial charge in [-0.25, -0.2) is 32.0 Å². The number of nitrogens with one attached hydrogen (secondary N) is 1. The topological polar surface area (TPSA) is 119 Å². The van der Waals surface area contributed by atoms with Gasteiger partial charge in [-0.2, -0.15) is 0 Å². The molecule has 0 radical (unpaired) electrons. The number of halogens is 2. The molecule has 2 amide bonds. The van der Waals surface area contributed by atoms with E-state index in [1.54, 1.807) is 20.8 Å². The van der Waals surface area contributed by atoms with Gasteiger partial charge in [-0.05, 0) is 62.9 Å². The minimum absolute atomic E-state index is 0.00926. The van der Waals surface area contributed by atoms with E-state index in [-0.39, 0.29) is 41.8 Å². The quantitative estimate of drug-likeness (QED) is 0.553. The number of ether oxygens (including phenoxy) is 1. The molecule has 0 aliphatic carbocycles. The Bertz CT molecular complexity index is 1250. The van der Waals surface area contributed by atoms with E-state index in [0.29, 0.717) is 18.7 Å². The number of fused-ring (bicyclic) bond motifs is 1. The fraction of sp³-hybridized carbons (Fsp3) is 0.500. The largest absolute Gasteiger partial charge is 0.444 e. The zero-order valence-electron chi connectivity index (χ0n) is 20.7. The fourth-order valence-corrected chi connectivity index (χ4v) is 4.45. The number of amides is 2. The molecule has 1 aliphatic heterocycles. The number of carbonyl (C=O) groups excluding carboxylic acids is 2. The molecule has 2 heterocycles. The lowest BCUT2D eigenvalue weighted by Crippen LogP contribution is -2.45. The van der Waals surface area contributed by atoms with Crippen LogP contribution in [0.15, 0.2) is 29.6 Å². The Kier molecular flexibility index (Phi) is 8.27. The van der Waals surface area contributed by atoms with E-state index in [2.05, 4.69) is 15.3 Å². The van der Waals surface area contributed by atoms with Crippen LogP contribution in [0.2, 0.25) is 0 Å². The third-order valence-electron chi connectivity index (χ3n) is 5.55. The van der Waals surface area contributed by atoms with E-state index in [4.69, 9.17) is 4.74 Å². The van der Waals surface area contributed by atoms with Crippen molar-refractivity contribution in [3.8, 4) is 0 Å². The highest BCUT2D eigenvalue weighted by Crippen LogP contribution is 2.21. The van der Waals surface area contributed by atoms with Crippen LogP contribution in [0.1, 0.15) is 50.9 Å². The summed E-state index contributed by atoms with van der Waals surface area (Å²) in [5.41, 5.74) is 0.397. The molecule has 0 bridgehead atoms. The van der Waals surface area contributed by atoms with Gasteiger partial charge in [0.15, 0.2) is 0 Å². The number of hydrogen-bond acceptors (Lipinski definition) is 7. The van der Waals surface area contributed by atoms with Crippen molar-refractivity contribution in [3.63, 3.8) is 0 Å². The highest BCUT2D eigenvalue weighted by Gasteiger charge is 2.28. The summed E-state index contributed by atoms with van der Waals surface area (Å²) in [5, 5.41) is 2.30. The van der Waals surface area contributed by atoms with Gasteiger partial charge in [-0.1, -0.05) is 6.92 Å². The van der Waals surface area contributed by atoms with Crippen molar-refractivity contribution < 1.29 is 31.5 Å². The summed E-state index contributed by atoms with van der Waals surface area (Å²) in [5.74, 6) is -1.81. The van der Waals surface area contributed by atoms with E-state index in [1.807, 2.05) is 0 Å². The second-order valence-corrected chi connectivity index (χ2v) is 11.8. The molecular formula is C24H30F2N4O5S. The fourth-order valence-electron chi connectivity index (χ4n) is 3.73. The highest BCUT2D eigenvalue weighted by molar-refractivity contribution is 7.91. The van der Waals surface area contributed by atoms with Crippen LogP contribution in [0.4, 0.5) is 13.6 Å². The predicted octanol–water partition coefficient (Wildman–Crippen LogP) is 2.96. The zero-order valence-corrected chi connectivity index (χ0v) is 21.5. The SMILES string of the molecule is CCS(=O)(=O)c1ncc2c(n1)CN(C(=O)CC(Cc1cc(F)ccc1F)NC(=O)OC(C)(C)C)CC2. The smallest absolute Gasteiger partial charge is 0.407 e. The molecule has 0 saturated carbocycles. The number of carbonyl (C=O) groups is 2. The van der Waals surface area contributed by atoms with Gasteiger partial charge in [0.1, 0.15) is 17.2 Å². The lowest BCUT2D eigenvalue weighted by Gasteiger charge is -2.30. The average Bonchev–Trinajstić information content (AvgIpc) is 2.79. The first-order chi connectivity index (χ1) is 16.8. The first-order valence-electron chi connectivity index (χ1n) is 11.6. The molecule has 1 N–H and O–H groups in total. The van der Waals surface area contributed by atoms with Gasteiger partial charge in [0.25, 0.3) is 0 Å². The summed E-state index contributed by atoms with van der Waals surface area (Å²) in [7, 11) is -3.61. The van der Waals surface area contributed by atoms with E-state index >= 15 is 0 Å². The summed E-state index contributed by atoms with van der Waals surface area (Å²) in [6.07, 6.45) is 0.751. The van der Waals surface area contributed by atoms with Gasteiger partial charge < -0.3 is 15.0 Å². The molecule has 0 saturated heterocycles. The molecule has 196 valence electrons. The van der Waals surface area contributed by atoms with Crippen LogP contribution in [0.5, 0.6) is 0 Å². The third-order valence-corrected chi connectivity index (χ3v) is 7.06. The molecule has 9 nitrogen and oxygen atoms in total. The van der Waals surface area contributed by atoms with Gasteiger partial charge in [0, 0.05) is 25.2 Å². The molecule has 3 rings (SSSR count). The Morgan fingerprint density at radius 3 is 2.64 bits per heavy atom. The van der Waals surface area contributed by atoms with Crippen molar-refractivity contribution in [2.24, 2.45) is 0 Å². The number of alkyl carbamates (subject to hydrolysis) is 1. The summed E-state index contributed by atoms with van der Waals surface area (Å²) in [6, 6.07) is 2.11. The van der Waals surface area contributed by atoms with Gasteiger partial charge in [-0.3, -0.25) is 4.79 Å². The third kappa shape index (κ3) is 7.19. The highest BCUT2D eigenvalue weighted by atomic mass is 32.2. The van der Waals surface area contributed by atoms with Crippen LogP contribution >= 0.6 is 0 Å². The maximum atomic E-state index is 14.3. The number of aromatic nitrogens is 2. The number of nitrogens with zero attached hydrogens (tertiary/aromatic N) is 3. The Hall–Kier alpha value is -3.15. The van der Waals surface area contributed by atoms with Crippen molar-refractivity contribution in [1.82, 2.24) is 20.2 Å². The maximum absolute atomic E-state index is 14.3. The van der Waals surface area contributed by atoms with Crippen LogP contribution < -0.4 is 5.32 Å². The minimum atomic E-state index is -3.61. The lowest BCUT2D eigenvalue weighted by molar-refractivity contribution is -0.132. The number of hydrogen-bond donors (Lipinski definition) is 1. The van der Waals surface area contributed by atoms with Crippen molar-refractivity contribution in [1.29, 1.82) is 0 Å². The van der Waals surface area contributed by atoms with Crippen molar-refractivity contribution in [2.75, 3.05) is 12.3 Å². The van der Waals surface area contributed by atoms with Crippen molar-refractivity contribution >= 4 is 21.8 Å². The monoisotopic (exact) mass is 524 g/mol. The number of rotatable bonds is 7. The molecule has 1 aliphatic rings. The van der Waals surface area contributed by atoms with Gasteiger partial charge in [0.2, 0.25) is 20.9 Å². The minimum Gasteiger partial charge on any atom is -0.444 e. The molecule has 0 fully saturated rings. The molecule has 1 aromatic heterocycles.